The van der Waals surface area contributed by atoms with Crippen LogP contribution in [0.3, 0.4) is 0 Å². The van der Waals surface area contributed by atoms with Gasteiger partial charge in [0.25, 0.3) is 0 Å². The summed E-state index contributed by atoms with van der Waals surface area (Å²) in [7, 11) is 0. The van der Waals surface area contributed by atoms with E-state index in [0.29, 0.717) is 66.1 Å². The van der Waals surface area contributed by atoms with Crippen molar-refractivity contribution >= 4 is 5.97 Å². The molecule has 0 aromatic rings. The van der Waals surface area contributed by atoms with Crippen LogP contribution in [-0.2, 0) is 42.7 Å². The number of carbonyl (C=O) groups excluding carboxylic acids is 1. The van der Waals surface area contributed by atoms with E-state index < -0.39 is 18.8 Å². The first kappa shape index (κ1) is 32.0. The Kier molecular flexibility index (Phi) is 23.4. The van der Waals surface area contributed by atoms with Crippen LogP contribution in [0, 0.1) is 0 Å². The molecular weight excluding hydrogens is 453 g/mol. The molecule has 9 nitrogen and oxygen atoms in total. The number of halogens is 3. The molecule has 12 heteroatoms. The van der Waals surface area contributed by atoms with E-state index in [4.69, 9.17) is 33.2 Å². The highest BCUT2D eigenvalue weighted by Gasteiger charge is 2.40. The largest absolute Gasteiger partial charge is 0.490 e. The van der Waals surface area contributed by atoms with Crippen molar-refractivity contribution in [1.82, 2.24) is 0 Å². The first-order chi connectivity index (χ1) is 16.0. The third-order valence-corrected chi connectivity index (χ3v) is 3.82. The van der Waals surface area contributed by atoms with Gasteiger partial charge in [-0.05, 0) is 6.42 Å². The first-order valence-electron chi connectivity index (χ1n) is 11.3. The predicted octanol–water partition coefficient (Wildman–Crippen LogP) is 2.40. The fourth-order valence-corrected chi connectivity index (χ4v) is 2.15. The lowest BCUT2D eigenvalue weighted by atomic mass is 10.3. The Balaban J connectivity index is 3.09. The zero-order valence-corrected chi connectivity index (χ0v) is 19.5. The molecule has 0 aromatic heterocycles. The summed E-state index contributed by atoms with van der Waals surface area (Å²) in [4.78, 5) is 10.4. The molecule has 0 saturated carbocycles. The van der Waals surface area contributed by atoms with Crippen LogP contribution in [-0.4, -0.2) is 111 Å². The van der Waals surface area contributed by atoms with Crippen LogP contribution in [0.1, 0.15) is 26.2 Å². The minimum absolute atomic E-state index is 0.135. The van der Waals surface area contributed by atoms with Crippen LogP contribution in [0.4, 0.5) is 13.2 Å². The maximum absolute atomic E-state index is 11.9. The molecule has 0 amide bonds. The van der Waals surface area contributed by atoms with Crippen molar-refractivity contribution in [3.05, 3.63) is 0 Å². The molecule has 198 valence electrons. The van der Waals surface area contributed by atoms with Gasteiger partial charge < -0.3 is 37.9 Å². The second-order valence-corrected chi connectivity index (χ2v) is 6.63. The van der Waals surface area contributed by atoms with Crippen molar-refractivity contribution in [1.29, 1.82) is 0 Å². The van der Waals surface area contributed by atoms with Gasteiger partial charge in [-0.15, -0.1) is 0 Å². The maximum Gasteiger partial charge on any atom is 0.490 e. The quantitative estimate of drug-likeness (QED) is 0.141. The average molecular weight is 493 g/mol. The number of hydrogen-bond acceptors (Lipinski definition) is 9. The molecule has 0 N–H and O–H groups in total. The van der Waals surface area contributed by atoms with Crippen molar-refractivity contribution in [3.8, 4) is 0 Å². The second-order valence-electron chi connectivity index (χ2n) is 6.63. The summed E-state index contributed by atoms with van der Waals surface area (Å²) in [5.74, 6) is -2.23. The number of alkyl halides is 3. The fourth-order valence-electron chi connectivity index (χ4n) is 2.15. The van der Waals surface area contributed by atoms with Gasteiger partial charge in [0.2, 0.25) is 0 Å². The predicted molar refractivity (Wildman–Crippen MR) is 112 cm³/mol. The van der Waals surface area contributed by atoms with E-state index in [-0.39, 0.29) is 19.8 Å². The number of carbonyl (C=O) groups is 1. The molecule has 0 saturated heterocycles. The maximum atomic E-state index is 11.9. The minimum Gasteiger partial charge on any atom is -0.457 e. The molecule has 0 atom stereocenters. The lowest BCUT2D eigenvalue weighted by Crippen LogP contribution is -2.26. The molecule has 0 spiro atoms. The summed E-state index contributed by atoms with van der Waals surface area (Å²) < 4.78 is 76.7. The highest BCUT2D eigenvalue weighted by Crippen LogP contribution is 2.16. The standard InChI is InChI=1S/C21H39F3O9/c1-2-3-4-5-26-6-7-27-8-9-28-10-11-29-12-13-30-14-15-31-16-17-32-18-19-33-20(25)21(22,23)24/h2-19H2,1H3. The molecular formula is C21H39F3O9. The Labute approximate surface area is 194 Å². The Bertz CT molecular complexity index is 426. The van der Waals surface area contributed by atoms with Gasteiger partial charge in [-0.2, -0.15) is 13.2 Å². The van der Waals surface area contributed by atoms with E-state index in [1.807, 2.05) is 0 Å². The highest BCUT2D eigenvalue weighted by molar-refractivity contribution is 5.75. The molecule has 0 fully saturated rings. The molecule has 33 heavy (non-hydrogen) atoms. The number of esters is 1. The van der Waals surface area contributed by atoms with E-state index >= 15 is 0 Å². The van der Waals surface area contributed by atoms with Gasteiger partial charge in [-0.3, -0.25) is 0 Å². The van der Waals surface area contributed by atoms with Crippen molar-refractivity contribution in [3.63, 3.8) is 0 Å². The van der Waals surface area contributed by atoms with E-state index in [1.165, 1.54) is 12.8 Å². The fraction of sp³-hybridized carbons (Fsp3) is 0.952. The summed E-state index contributed by atoms with van der Waals surface area (Å²) in [6, 6.07) is 0. The van der Waals surface area contributed by atoms with Crippen LogP contribution in [0.25, 0.3) is 0 Å². The van der Waals surface area contributed by atoms with Crippen molar-refractivity contribution in [2.75, 3.05) is 99.1 Å². The van der Waals surface area contributed by atoms with Crippen LogP contribution in [0.5, 0.6) is 0 Å². The molecule has 0 aromatic carbocycles. The van der Waals surface area contributed by atoms with Gasteiger partial charge >= 0.3 is 12.1 Å². The van der Waals surface area contributed by atoms with E-state index in [9.17, 15) is 18.0 Å². The Morgan fingerprint density at radius 3 is 1.12 bits per heavy atom. The normalized spacial score (nSPS) is 11.8. The zero-order chi connectivity index (χ0) is 24.5. The van der Waals surface area contributed by atoms with Crippen LogP contribution in [0.2, 0.25) is 0 Å². The van der Waals surface area contributed by atoms with E-state index in [2.05, 4.69) is 11.7 Å². The lowest BCUT2D eigenvalue weighted by Gasteiger charge is -2.09. The smallest absolute Gasteiger partial charge is 0.457 e. The van der Waals surface area contributed by atoms with Crippen molar-refractivity contribution in [2.45, 2.75) is 32.4 Å². The third kappa shape index (κ3) is 25.4. The molecule has 0 aliphatic rings. The topological polar surface area (TPSA) is 90.9 Å². The van der Waals surface area contributed by atoms with Crippen LogP contribution < -0.4 is 0 Å². The van der Waals surface area contributed by atoms with Gasteiger partial charge in [0.1, 0.15) is 6.61 Å². The Morgan fingerprint density at radius 1 is 0.515 bits per heavy atom. The molecule has 0 rings (SSSR count). The summed E-state index contributed by atoms with van der Waals surface area (Å²) in [6.07, 6.45) is -1.51. The molecule has 0 aliphatic heterocycles. The van der Waals surface area contributed by atoms with Gasteiger partial charge in [0.05, 0.1) is 85.9 Å². The van der Waals surface area contributed by atoms with Crippen LogP contribution in [0.15, 0.2) is 0 Å². The number of rotatable bonds is 25. The molecule has 0 unspecified atom stereocenters. The SMILES string of the molecule is CCCCCOCCOCCOCCOCCOCCOCCOCCOC(=O)C(F)(F)F. The molecule has 0 bridgehead atoms. The van der Waals surface area contributed by atoms with Gasteiger partial charge in [-0.1, -0.05) is 19.8 Å². The van der Waals surface area contributed by atoms with E-state index in [0.717, 1.165) is 13.0 Å². The lowest BCUT2D eigenvalue weighted by molar-refractivity contribution is -0.200. The van der Waals surface area contributed by atoms with Gasteiger partial charge in [0.15, 0.2) is 0 Å². The molecule has 0 heterocycles. The second kappa shape index (κ2) is 24.1. The number of ether oxygens (including phenoxy) is 8. The van der Waals surface area contributed by atoms with E-state index in [1.54, 1.807) is 0 Å². The minimum atomic E-state index is -4.99. The molecule has 0 radical (unpaired) electrons. The molecule has 0 aliphatic carbocycles. The summed E-state index contributed by atoms with van der Waals surface area (Å²) >= 11 is 0. The van der Waals surface area contributed by atoms with Crippen LogP contribution >= 0.6 is 0 Å². The van der Waals surface area contributed by atoms with Gasteiger partial charge in [-0.25, -0.2) is 4.79 Å². The average Bonchev–Trinajstić information content (AvgIpc) is 2.78. The Morgan fingerprint density at radius 2 is 0.818 bits per heavy atom. The number of unbranched alkanes of at least 4 members (excludes halogenated alkanes) is 2. The van der Waals surface area contributed by atoms with Crippen molar-refractivity contribution in [2.24, 2.45) is 0 Å². The Hall–Kier alpha value is -1.02. The summed E-state index contributed by atoms with van der Waals surface area (Å²) in [5, 5.41) is 0. The third-order valence-electron chi connectivity index (χ3n) is 3.82. The van der Waals surface area contributed by atoms with Gasteiger partial charge in [0, 0.05) is 6.61 Å². The summed E-state index contributed by atoms with van der Waals surface area (Å²) in [6.45, 7) is 7.52. The zero-order valence-electron chi connectivity index (χ0n) is 19.5. The first-order valence-corrected chi connectivity index (χ1v) is 11.3. The summed E-state index contributed by atoms with van der Waals surface area (Å²) in [5.41, 5.74) is 0. The monoisotopic (exact) mass is 492 g/mol. The number of hydrogen-bond donors (Lipinski definition) is 0. The highest BCUT2D eigenvalue weighted by atomic mass is 19.4. The van der Waals surface area contributed by atoms with Crippen molar-refractivity contribution < 1.29 is 55.9 Å².